The Bertz CT molecular complexity index is 881. The van der Waals surface area contributed by atoms with Crippen LogP contribution in [0.2, 0.25) is 0 Å². The molecule has 2 aromatic heterocycles. The maximum absolute atomic E-state index is 12.2. The van der Waals surface area contributed by atoms with Gasteiger partial charge in [-0.05, 0) is 6.42 Å². The van der Waals surface area contributed by atoms with Crippen molar-refractivity contribution in [2.45, 2.75) is 51.2 Å². The van der Waals surface area contributed by atoms with Crippen LogP contribution < -0.4 is 11.3 Å². The molecule has 2 aromatic rings. The van der Waals surface area contributed by atoms with Crippen LogP contribution in [-0.4, -0.2) is 54.7 Å². The van der Waals surface area contributed by atoms with E-state index >= 15 is 0 Å². The van der Waals surface area contributed by atoms with Crippen LogP contribution in [0.3, 0.4) is 0 Å². The Hall–Kier alpha value is -2.11. The topological polar surface area (TPSA) is 145 Å². The number of imidazole rings is 1. The van der Waals surface area contributed by atoms with Gasteiger partial charge in [-0.25, -0.2) is 4.98 Å². The molecule has 1 aliphatic heterocycles. The minimum absolute atomic E-state index is 0.0694. The van der Waals surface area contributed by atoms with E-state index in [-0.39, 0.29) is 22.9 Å². The Morgan fingerprint density at radius 3 is 2.85 bits per heavy atom. The van der Waals surface area contributed by atoms with E-state index in [1.807, 2.05) is 6.92 Å². The number of rotatable bonds is 5. The number of nitrogens with one attached hydrogen (secondary N) is 1. The molecule has 26 heavy (non-hydrogen) atoms. The van der Waals surface area contributed by atoms with Crippen LogP contribution in [0, 0.1) is 0 Å². The average molecular weight is 383 g/mol. The predicted octanol–water partition coefficient (Wildman–Crippen LogP) is -0.226. The summed E-state index contributed by atoms with van der Waals surface area (Å²) in [6, 6.07) is 0. The lowest BCUT2D eigenvalue weighted by atomic mass is 10.1. The lowest BCUT2D eigenvalue weighted by molar-refractivity contribution is -0.155. The zero-order valence-corrected chi connectivity index (χ0v) is 15.3. The van der Waals surface area contributed by atoms with Crippen molar-refractivity contribution in [3.05, 3.63) is 16.2 Å². The molecular weight excluding hydrogens is 362 g/mol. The number of aliphatic hydroxyl groups excluding tert-OH is 1. The van der Waals surface area contributed by atoms with E-state index in [9.17, 15) is 14.7 Å². The van der Waals surface area contributed by atoms with Gasteiger partial charge in [-0.2, -0.15) is 17.6 Å². The quantitative estimate of drug-likeness (QED) is 0.409. The highest BCUT2D eigenvalue weighted by Crippen LogP contribution is 2.35. The van der Waals surface area contributed by atoms with Crippen LogP contribution >= 0.6 is 12.6 Å². The normalized spacial score (nSPS) is 25.7. The molecule has 0 radical (unpaired) electrons. The van der Waals surface area contributed by atoms with Gasteiger partial charge in [-0.15, -0.1) is 0 Å². The van der Waals surface area contributed by atoms with E-state index in [0.29, 0.717) is 12.2 Å². The first kappa shape index (κ1) is 18.7. The van der Waals surface area contributed by atoms with Gasteiger partial charge < -0.3 is 20.3 Å². The number of aromatic nitrogens is 4. The van der Waals surface area contributed by atoms with E-state index < -0.39 is 36.1 Å². The highest BCUT2D eigenvalue weighted by Gasteiger charge is 2.47. The number of thiol groups is 1. The number of nitrogens with zero attached hydrogens (tertiary/aromatic N) is 3. The lowest BCUT2D eigenvalue weighted by Crippen LogP contribution is -2.36. The molecule has 1 aliphatic rings. The molecule has 3 rings (SSSR count). The van der Waals surface area contributed by atoms with Gasteiger partial charge >= 0.3 is 5.97 Å². The van der Waals surface area contributed by atoms with Crippen molar-refractivity contribution in [2.75, 3.05) is 11.5 Å². The highest BCUT2D eigenvalue weighted by atomic mass is 32.1. The zero-order chi connectivity index (χ0) is 19.0. The molecule has 3 heterocycles. The first-order valence-corrected chi connectivity index (χ1v) is 8.88. The Morgan fingerprint density at radius 1 is 1.50 bits per heavy atom. The molecular formula is C15H21N5O5S. The maximum atomic E-state index is 12.2. The second-order valence-electron chi connectivity index (χ2n) is 6.08. The van der Waals surface area contributed by atoms with Crippen LogP contribution in [0.4, 0.5) is 5.95 Å². The first-order chi connectivity index (χ1) is 12.4. The van der Waals surface area contributed by atoms with Crippen LogP contribution in [0.25, 0.3) is 11.2 Å². The smallest absolute Gasteiger partial charge is 0.303 e. The molecule has 0 unspecified atom stereocenters. The number of anilines is 1. The molecule has 4 atom stereocenters. The molecule has 0 saturated carbocycles. The van der Waals surface area contributed by atoms with Gasteiger partial charge in [0, 0.05) is 19.1 Å². The number of aromatic amines is 1. The number of nitrogen functional groups attached to an aromatic ring is 1. The summed E-state index contributed by atoms with van der Waals surface area (Å²) in [7, 11) is 0. The number of carbonyl (C=O) groups excluding carboxylic acids is 1. The van der Waals surface area contributed by atoms with Crippen molar-refractivity contribution in [3.8, 4) is 0 Å². The van der Waals surface area contributed by atoms with Gasteiger partial charge in [-0.1, -0.05) is 6.92 Å². The van der Waals surface area contributed by atoms with E-state index in [1.165, 1.54) is 6.92 Å². The number of carbonyl (C=O) groups is 1. The summed E-state index contributed by atoms with van der Waals surface area (Å²) in [4.78, 5) is 34.6. The summed E-state index contributed by atoms with van der Waals surface area (Å²) in [5.41, 5.74) is 5.52. The number of hydrogen-bond acceptors (Lipinski definition) is 9. The molecule has 1 fully saturated rings. The third-order valence-corrected chi connectivity index (χ3v) is 4.52. The second-order valence-corrected chi connectivity index (χ2v) is 6.45. The van der Waals surface area contributed by atoms with E-state index in [0.717, 1.165) is 6.42 Å². The fraction of sp³-hybridized carbons (Fsp3) is 0.600. The fourth-order valence-electron chi connectivity index (χ4n) is 3.11. The van der Waals surface area contributed by atoms with Gasteiger partial charge in [0.25, 0.3) is 5.56 Å². The number of fused-ring (bicyclic) bond motifs is 1. The Kier molecular flexibility index (Phi) is 5.21. The molecule has 0 bridgehead atoms. The number of hydrogen-bond donors (Lipinski definition) is 4. The van der Waals surface area contributed by atoms with Crippen LogP contribution in [0.1, 0.15) is 32.3 Å². The van der Waals surface area contributed by atoms with Crippen molar-refractivity contribution in [1.29, 1.82) is 0 Å². The van der Waals surface area contributed by atoms with Crippen LogP contribution in [-0.2, 0) is 20.7 Å². The maximum Gasteiger partial charge on any atom is 0.303 e. The molecule has 0 aromatic carbocycles. The number of aryl methyl sites for hydroxylation is 1. The number of nitrogens with two attached hydrogens (primary N) is 1. The largest absolute Gasteiger partial charge is 0.455 e. The fourth-order valence-corrected chi connectivity index (χ4v) is 3.41. The third-order valence-electron chi connectivity index (χ3n) is 4.16. The van der Waals surface area contributed by atoms with Crippen molar-refractivity contribution in [1.82, 2.24) is 19.5 Å². The zero-order valence-electron chi connectivity index (χ0n) is 14.4. The molecule has 142 valence electrons. The standard InChI is InChI=1S/C15H21N5O5S/c1-3-4-8-17-9-12(18-15(16)19-13(9)23)20(8)14-11(24-6(2)21)10(22)7(5-26)25-14/h7,10-11,14,22,26H,3-5H2,1-2H3,(H3,16,18,19,23)/t7-,10-,11-,14-/m1/s1. The minimum Gasteiger partial charge on any atom is -0.455 e. The average Bonchev–Trinajstić information content (AvgIpc) is 3.06. The lowest BCUT2D eigenvalue weighted by Gasteiger charge is -2.22. The Morgan fingerprint density at radius 2 is 2.23 bits per heavy atom. The molecule has 11 heteroatoms. The number of H-pyrrole nitrogens is 1. The third kappa shape index (κ3) is 3.17. The van der Waals surface area contributed by atoms with Crippen molar-refractivity contribution in [2.24, 2.45) is 0 Å². The molecule has 0 amide bonds. The van der Waals surface area contributed by atoms with E-state index in [1.54, 1.807) is 4.57 Å². The number of esters is 1. The van der Waals surface area contributed by atoms with Crippen molar-refractivity contribution >= 4 is 35.7 Å². The summed E-state index contributed by atoms with van der Waals surface area (Å²) in [6.45, 7) is 3.21. The summed E-state index contributed by atoms with van der Waals surface area (Å²) < 4.78 is 12.7. The molecule has 0 spiro atoms. The Labute approximate surface area is 154 Å². The van der Waals surface area contributed by atoms with Gasteiger partial charge in [0.2, 0.25) is 5.95 Å². The summed E-state index contributed by atoms with van der Waals surface area (Å²) in [5.74, 6) is 0.121. The monoisotopic (exact) mass is 383 g/mol. The summed E-state index contributed by atoms with van der Waals surface area (Å²) >= 11 is 4.18. The van der Waals surface area contributed by atoms with Crippen LogP contribution in [0.5, 0.6) is 0 Å². The van der Waals surface area contributed by atoms with Gasteiger partial charge in [0.1, 0.15) is 11.9 Å². The summed E-state index contributed by atoms with van der Waals surface area (Å²) in [5, 5.41) is 10.5. The SMILES string of the molecule is CCCc1nc2c(=O)[nH]c(N)nc2n1[C@@H]1O[C@H](CS)[C@@H](O)[C@H]1OC(C)=O. The predicted molar refractivity (Wildman–Crippen MR) is 95.9 cm³/mol. The Balaban J connectivity index is 2.19. The van der Waals surface area contributed by atoms with Crippen molar-refractivity contribution in [3.63, 3.8) is 0 Å². The summed E-state index contributed by atoms with van der Waals surface area (Å²) in [6.07, 6.45) is -2.33. The molecule has 1 saturated heterocycles. The number of ether oxygens (including phenoxy) is 2. The minimum atomic E-state index is -1.08. The van der Waals surface area contributed by atoms with Gasteiger partial charge in [0.05, 0.1) is 6.10 Å². The second kappa shape index (κ2) is 7.25. The first-order valence-electron chi connectivity index (χ1n) is 8.25. The van der Waals surface area contributed by atoms with Crippen LogP contribution in [0.15, 0.2) is 4.79 Å². The van der Waals surface area contributed by atoms with E-state index in [4.69, 9.17) is 15.2 Å². The molecule has 0 aliphatic carbocycles. The van der Waals surface area contributed by atoms with Crippen molar-refractivity contribution < 1.29 is 19.4 Å². The molecule has 10 nitrogen and oxygen atoms in total. The number of aliphatic hydroxyl groups is 1. The molecule has 4 N–H and O–H groups in total. The van der Waals surface area contributed by atoms with E-state index in [2.05, 4.69) is 27.6 Å². The van der Waals surface area contributed by atoms with Gasteiger partial charge in [-0.3, -0.25) is 19.1 Å². The van der Waals surface area contributed by atoms with Gasteiger partial charge in [0.15, 0.2) is 23.5 Å². The highest BCUT2D eigenvalue weighted by molar-refractivity contribution is 7.80.